The highest BCUT2D eigenvalue weighted by atomic mass is 127. The first-order valence-electron chi connectivity index (χ1n) is 7.37. The highest BCUT2D eigenvalue weighted by Gasteiger charge is 2.06. The SMILES string of the molecule is CC(C)CCC(=O)OCCCCOC(=O)CCC(C)I. The zero-order valence-corrected chi connectivity index (χ0v) is 15.0. The summed E-state index contributed by atoms with van der Waals surface area (Å²) in [5, 5.41) is 0. The molecule has 1 atom stereocenters. The monoisotopic (exact) mass is 398 g/mol. The van der Waals surface area contributed by atoms with Crippen molar-refractivity contribution < 1.29 is 19.1 Å². The van der Waals surface area contributed by atoms with E-state index in [9.17, 15) is 9.59 Å². The van der Waals surface area contributed by atoms with Crippen molar-refractivity contribution in [3.63, 3.8) is 0 Å². The Morgan fingerprint density at radius 2 is 1.35 bits per heavy atom. The van der Waals surface area contributed by atoms with Gasteiger partial charge in [-0.1, -0.05) is 43.4 Å². The van der Waals surface area contributed by atoms with Gasteiger partial charge in [0.15, 0.2) is 0 Å². The summed E-state index contributed by atoms with van der Waals surface area (Å²) in [6.45, 7) is 7.07. The first-order valence-corrected chi connectivity index (χ1v) is 8.61. The molecule has 0 saturated carbocycles. The van der Waals surface area contributed by atoms with Crippen LogP contribution in [0.15, 0.2) is 0 Å². The minimum atomic E-state index is -0.137. The summed E-state index contributed by atoms with van der Waals surface area (Å²) in [5.74, 6) is 0.251. The van der Waals surface area contributed by atoms with Gasteiger partial charge in [0.25, 0.3) is 0 Å². The highest BCUT2D eigenvalue weighted by molar-refractivity contribution is 14.1. The van der Waals surface area contributed by atoms with Gasteiger partial charge in [0, 0.05) is 16.8 Å². The molecule has 0 radical (unpaired) electrons. The van der Waals surface area contributed by atoms with E-state index in [2.05, 4.69) is 43.4 Å². The Morgan fingerprint density at radius 1 is 0.900 bits per heavy atom. The van der Waals surface area contributed by atoms with E-state index in [4.69, 9.17) is 9.47 Å². The summed E-state index contributed by atoms with van der Waals surface area (Å²) >= 11 is 2.29. The third-order valence-corrected chi connectivity index (χ3v) is 3.36. The molecule has 1 unspecified atom stereocenters. The number of carbonyl (C=O) groups excluding carboxylic acids is 2. The fourth-order valence-electron chi connectivity index (χ4n) is 1.44. The Hall–Kier alpha value is -0.330. The minimum absolute atomic E-state index is 0.133. The molecule has 0 bridgehead atoms. The molecule has 0 rings (SSSR count). The summed E-state index contributed by atoms with van der Waals surface area (Å²) < 4.78 is 10.7. The van der Waals surface area contributed by atoms with Gasteiger partial charge in [-0.15, -0.1) is 0 Å². The van der Waals surface area contributed by atoms with Crippen LogP contribution in [-0.4, -0.2) is 29.1 Å². The summed E-state index contributed by atoms with van der Waals surface area (Å²) in [5.41, 5.74) is 0. The first-order chi connectivity index (χ1) is 9.41. The molecular formula is C15H27IO4. The largest absolute Gasteiger partial charge is 0.466 e. The van der Waals surface area contributed by atoms with Crippen molar-refractivity contribution in [1.29, 1.82) is 0 Å². The number of rotatable bonds is 11. The Labute approximate surface area is 136 Å². The number of carbonyl (C=O) groups is 2. The van der Waals surface area contributed by atoms with Crippen molar-refractivity contribution >= 4 is 34.5 Å². The van der Waals surface area contributed by atoms with E-state index in [1.165, 1.54) is 0 Å². The molecule has 0 aromatic rings. The second-order valence-electron chi connectivity index (χ2n) is 5.40. The van der Waals surface area contributed by atoms with Gasteiger partial charge in [-0.3, -0.25) is 9.59 Å². The molecule has 0 saturated heterocycles. The summed E-state index contributed by atoms with van der Waals surface area (Å²) in [6, 6.07) is 0. The van der Waals surface area contributed by atoms with Gasteiger partial charge in [0.2, 0.25) is 0 Å². The predicted molar refractivity (Wildman–Crippen MR) is 87.9 cm³/mol. The van der Waals surface area contributed by atoms with Gasteiger partial charge in [-0.25, -0.2) is 0 Å². The molecule has 0 amide bonds. The van der Waals surface area contributed by atoms with Gasteiger partial charge in [0.05, 0.1) is 13.2 Å². The molecule has 0 N–H and O–H groups in total. The molecule has 4 nitrogen and oxygen atoms in total. The van der Waals surface area contributed by atoms with E-state index >= 15 is 0 Å². The molecule has 0 aromatic heterocycles. The molecule has 0 heterocycles. The third kappa shape index (κ3) is 14.1. The first kappa shape index (κ1) is 19.7. The average Bonchev–Trinajstić information content (AvgIpc) is 2.37. The molecule has 0 fully saturated rings. The van der Waals surface area contributed by atoms with Gasteiger partial charge >= 0.3 is 11.9 Å². The zero-order valence-electron chi connectivity index (χ0n) is 12.8. The second-order valence-corrected chi connectivity index (χ2v) is 7.53. The van der Waals surface area contributed by atoms with Gasteiger partial charge < -0.3 is 9.47 Å². The predicted octanol–water partition coefficient (Wildman–Crippen LogP) is 3.89. The second kappa shape index (κ2) is 12.4. The molecule has 0 aliphatic carbocycles. The maximum absolute atomic E-state index is 11.3. The summed E-state index contributed by atoms with van der Waals surface area (Å²) in [6.07, 6.45) is 4.17. The normalized spacial score (nSPS) is 12.2. The Morgan fingerprint density at radius 3 is 1.75 bits per heavy atom. The standard InChI is InChI=1S/C15H27IO4/c1-12(2)6-8-14(17)19-10-4-5-11-20-15(18)9-7-13(3)16/h12-13H,4-11H2,1-3H3. The molecule has 5 heteroatoms. The maximum atomic E-state index is 11.3. The van der Waals surface area contributed by atoms with Crippen LogP contribution >= 0.6 is 22.6 Å². The molecule has 0 aromatic carbocycles. The molecule has 20 heavy (non-hydrogen) atoms. The van der Waals surface area contributed by atoms with E-state index < -0.39 is 0 Å². The van der Waals surface area contributed by atoms with Gasteiger partial charge in [0.1, 0.15) is 0 Å². The molecular weight excluding hydrogens is 371 g/mol. The van der Waals surface area contributed by atoms with Crippen LogP contribution in [0, 0.1) is 5.92 Å². The van der Waals surface area contributed by atoms with Gasteiger partial charge in [-0.2, -0.15) is 0 Å². The molecule has 0 aliphatic heterocycles. The fraction of sp³-hybridized carbons (Fsp3) is 0.867. The maximum Gasteiger partial charge on any atom is 0.305 e. The van der Waals surface area contributed by atoms with Crippen LogP contribution in [0.3, 0.4) is 0 Å². The van der Waals surface area contributed by atoms with E-state index in [1.54, 1.807) is 0 Å². The van der Waals surface area contributed by atoms with Crippen molar-refractivity contribution in [2.45, 2.75) is 63.2 Å². The summed E-state index contributed by atoms with van der Waals surface area (Å²) in [4.78, 5) is 22.7. The van der Waals surface area contributed by atoms with Crippen molar-refractivity contribution in [2.75, 3.05) is 13.2 Å². The Kier molecular flexibility index (Phi) is 12.2. The van der Waals surface area contributed by atoms with Crippen LogP contribution in [0.2, 0.25) is 0 Å². The summed E-state index contributed by atoms with van der Waals surface area (Å²) in [7, 11) is 0. The Bertz CT molecular complexity index is 249. The zero-order chi connectivity index (χ0) is 15.4. The van der Waals surface area contributed by atoms with E-state index in [0.717, 1.165) is 25.7 Å². The number of hydrogen-bond donors (Lipinski definition) is 0. The quantitative estimate of drug-likeness (QED) is 0.229. The van der Waals surface area contributed by atoms with Crippen LogP contribution in [0.25, 0.3) is 0 Å². The van der Waals surface area contributed by atoms with Crippen LogP contribution in [0.4, 0.5) is 0 Å². The number of esters is 2. The van der Waals surface area contributed by atoms with E-state index in [1.807, 2.05) is 0 Å². The van der Waals surface area contributed by atoms with Crippen molar-refractivity contribution in [3.8, 4) is 0 Å². The average molecular weight is 398 g/mol. The molecule has 0 aliphatic rings. The number of unbranched alkanes of at least 4 members (excludes halogenated alkanes) is 1. The van der Waals surface area contributed by atoms with Crippen molar-refractivity contribution in [2.24, 2.45) is 5.92 Å². The fourth-order valence-corrected chi connectivity index (χ4v) is 1.76. The molecule has 118 valence electrons. The van der Waals surface area contributed by atoms with Crippen molar-refractivity contribution in [3.05, 3.63) is 0 Å². The highest BCUT2D eigenvalue weighted by Crippen LogP contribution is 2.08. The van der Waals surface area contributed by atoms with E-state index in [-0.39, 0.29) is 11.9 Å². The minimum Gasteiger partial charge on any atom is -0.466 e. The number of hydrogen-bond acceptors (Lipinski definition) is 4. The van der Waals surface area contributed by atoms with Crippen LogP contribution < -0.4 is 0 Å². The van der Waals surface area contributed by atoms with Crippen molar-refractivity contribution in [1.82, 2.24) is 0 Å². The number of alkyl halides is 1. The van der Waals surface area contributed by atoms with Crippen LogP contribution in [0.5, 0.6) is 0 Å². The van der Waals surface area contributed by atoms with Gasteiger partial charge in [-0.05, 0) is 31.6 Å². The van der Waals surface area contributed by atoms with Crippen LogP contribution in [-0.2, 0) is 19.1 Å². The van der Waals surface area contributed by atoms with E-state index in [0.29, 0.717) is 35.9 Å². The lowest BCUT2D eigenvalue weighted by atomic mass is 10.1. The number of halogens is 1. The lowest BCUT2D eigenvalue weighted by Crippen LogP contribution is -2.10. The Balaban J connectivity index is 3.35. The lowest BCUT2D eigenvalue weighted by Gasteiger charge is -2.07. The third-order valence-electron chi connectivity index (χ3n) is 2.74. The smallest absolute Gasteiger partial charge is 0.305 e. The topological polar surface area (TPSA) is 52.6 Å². The van der Waals surface area contributed by atoms with Crippen LogP contribution in [0.1, 0.15) is 59.3 Å². The lowest BCUT2D eigenvalue weighted by molar-refractivity contribution is -0.146. The number of ether oxygens (including phenoxy) is 2. The molecule has 0 spiro atoms.